The average molecular weight is 290 g/mol. The molecule has 0 aromatic heterocycles. The highest BCUT2D eigenvalue weighted by atomic mass is 16.5. The second kappa shape index (κ2) is 7.22. The number of carbonyl (C=O) groups is 2. The van der Waals surface area contributed by atoms with Gasteiger partial charge in [-0.1, -0.05) is 37.3 Å². The molecule has 0 aliphatic carbocycles. The molecule has 1 aromatic rings. The van der Waals surface area contributed by atoms with E-state index in [4.69, 9.17) is 4.74 Å². The Hall–Kier alpha value is -1.88. The Bertz CT molecular complexity index is 490. The minimum Gasteiger partial charge on any atom is -0.383 e. The summed E-state index contributed by atoms with van der Waals surface area (Å²) in [5.41, 5.74) is 1.04. The lowest BCUT2D eigenvalue weighted by molar-refractivity contribution is -0.150. The molecule has 114 valence electrons. The number of hydrogen-bond acceptors (Lipinski definition) is 3. The van der Waals surface area contributed by atoms with Gasteiger partial charge in [-0.3, -0.25) is 9.59 Å². The average Bonchev–Trinajstić information content (AvgIpc) is 2.51. The molecule has 2 atom stereocenters. The van der Waals surface area contributed by atoms with E-state index in [9.17, 15) is 9.59 Å². The summed E-state index contributed by atoms with van der Waals surface area (Å²) in [4.78, 5) is 26.5. The molecule has 0 radical (unpaired) electrons. The summed E-state index contributed by atoms with van der Waals surface area (Å²) >= 11 is 0. The normalized spacial score (nSPS) is 22.3. The van der Waals surface area contributed by atoms with Crippen molar-refractivity contribution < 1.29 is 14.3 Å². The smallest absolute Gasteiger partial charge is 0.245 e. The van der Waals surface area contributed by atoms with Crippen molar-refractivity contribution in [2.45, 2.75) is 31.8 Å². The van der Waals surface area contributed by atoms with Crippen LogP contribution < -0.4 is 5.32 Å². The summed E-state index contributed by atoms with van der Waals surface area (Å²) in [7, 11) is 1.60. The number of ether oxygens (including phenoxy) is 1. The first-order valence-electron chi connectivity index (χ1n) is 7.31. The molecule has 1 saturated heterocycles. The lowest BCUT2D eigenvalue weighted by Gasteiger charge is -2.38. The molecule has 0 saturated carbocycles. The molecule has 1 fully saturated rings. The van der Waals surface area contributed by atoms with Crippen molar-refractivity contribution in [2.75, 3.05) is 20.3 Å². The Morgan fingerprint density at radius 3 is 2.57 bits per heavy atom. The first-order valence-corrected chi connectivity index (χ1v) is 7.31. The number of methoxy groups -OCH3 is 1. The molecule has 1 aliphatic rings. The van der Waals surface area contributed by atoms with Crippen molar-refractivity contribution >= 4 is 11.8 Å². The number of amides is 2. The van der Waals surface area contributed by atoms with Gasteiger partial charge in [0.05, 0.1) is 6.61 Å². The number of benzene rings is 1. The highest BCUT2D eigenvalue weighted by molar-refractivity contribution is 5.97. The van der Waals surface area contributed by atoms with E-state index in [1.54, 1.807) is 12.0 Å². The van der Waals surface area contributed by atoms with Crippen LogP contribution in [0.3, 0.4) is 0 Å². The highest BCUT2D eigenvalue weighted by Crippen LogP contribution is 2.16. The van der Waals surface area contributed by atoms with Crippen molar-refractivity contribution in [3.8, 4) is 0 Å². The second-order valence-electron chi connectivity index (χ2n) is 5.20. The monoisotopic (exact) mass is 290 g/mol. The summed E-state index contributed by atoms with van der Waals surface area (Å²) in [6.45, 7) is 2.77. The summed E-state index contributed by atoms with van der Waals surface area (Å²) in [5.74, 6) is -0.100. The van der Waals surface area contributed by atoms with Gasteiger partial charge in [0.2, 0.25) is 11.8 Å². The van der Waals surface area contributed by atoms with Gasteiger partial charge >= 0.3 is 0 Å². The minimum absolute atomic E-state index is 0.0184. The number of nitrogens with one attached hydrogen (secondary N) is 1. The second-order valence-corrected chi connectivity index (χ2v) is 5.20. The summed E-state index contributed by atoms with van der Waals surface area (Å²) < 4.78 is 5.07. The van der Waals surface area contributed by atoms with Crippen molar-refractivity contribution in [3.05, 3.63) is 35.9 Å². The maximum absolute atomic E-state index is 12.5. The molecule has 1 aromatic carbocycles. The van der Waals surface area contributed by atoms with Crippen LogP contribution in [0.15, 0.2) is 30.3 Å². The van der Waals surface area contributed by atoms with Gasteiger partial charge in [-0.15, -0.1) is 0 Å². The Morgan fingerprint density at radius 1 is 1.24 bits per heavy atom. The molecule has 5 heteroatoms. The maximum Gasteiger partial charge on any atom is 0.245 e. The van der Waals surface area contributed by atoms with E-state index < -0.39 is 12.1 Å². The molecular weight excluding hydrogens is 268 g/mol. The van der Waals surface area contributed by atoms with Gasteiger partial charge in [0.15, 0.2) is 0 Å². The lowest BCUT2D eigenvalue weighted by Crippen LogP contribution is -2.64. The molecule has 1 aliphatic heterocycles. The van der Waals surface area contributed by atoms with Crippen LogP contribution in [0.4, 0.5) is 0 Å². The van der Waals surface area contributed by atoms with Gasteiger partial charge in [0.25, 0.3) is 0 Å². The van der Waals surface area contributed by atoms with Crippen LogP contribution in [-0.2, 0) is 20.7 Å². The zero-order valence-electron chi connectivity index (χ0n) is 12.5. The van der Waals surface area contributed by atoms with Crippen molar-refractivity contribution in [1.82, 2.24) is 10.2 Å². The van der Waals surface area contributed by atoms with Gasteiger partial charge in [-0.25, -0.2) is 0 Å². The van der Waals surface area contributed by atoms with Crippen LogP contribution in [-0.4, -0.2) is 49.1 Å². The van der Waals surface area contributed by atoms with Crippen LogP contribution in [0.1, 0.15) is 18.9 Å². The molecule has 2 unspecified atom stereocenters. The third kappa shape index (κ3) is 3.61. The number of nitrogens with zero attached hydrogens (tertiary/aromatic N) is 1. The minimum atomic E-state index is -0.460. The molecule has 2 amide bonds. The molecular formula is C16H22N2O3. The van der Waals surface area contributed by atoms with E-state index in [0.717, 1.165) is 5.56 Å². The van der Waals surface area contributed by atoms with Crippen molar-refractivity contribution in [2.24, 2.45) is 0 Å². The van der Waals surface area contributed by atoms with Crippen LogP contribution in [0.5, 0.6) is 0 Å². The van der Waals surface area contributed by atoms with Crippen LogP contribution in [0, 0.1) is 0 Å². The predicted molar refractivity (Wildman–Crippen MR) is 79.7 cm³/mol. The molecule has 21 heavy (non-hydrogen) atoms. The fraction of sp³-hybridized carbons (Fsp3) is 0.500. The van der Waals surface area contributed by atoms with E-state index in [-0.39, 0.29) is 11.8 Å². The number of hydrogen-bond donors (Lipinski definition) is 1. The molecule has 0 spiro atoms. The topological polar surface area (TPSA) is 58.6 Å². The molecule has 2 rings (SSSR count). The van der Waals surface area contributed by atoms with Crippen molar-refractivity contribution in [3.63, 3.8) is 0 Å². The Kier molecular flexibility index (Phi) is 5.33. The number of carbonyl (C=O) groups excluding carboxylic acids is 2. The van der Waals surface area contributed by atoms with Gasteiger partial charge in [-0.05, 0) is 12.0 Å². The van der Waals surface area contributed by atoms with Crippen LogP contribution in [0.2, 0.25) is 0 Å². The van der Waals surface area contributed by atoms with E-state index in [0.29, 0.717) is 26.0 Å². The van der Waals surface area contributed by atoms with E-state index in [1.807, 2.05) is 37.3 Å². The van der Waals surface area contributed by atoms with E-state index in [2.05, 4.69) is 5.32 Å². The van der Waals surface area contributed by atoms with Gasteiger partial charge in [0.1, 0.15) is 12.1 Å². The van der Waals surface area contributed by atoms with E-state index >= 15 is 0 Å². The quantitative estimate of drug-likeness (QED) is 0.849. The summed E-state index contributed by atoms with van der Waals surface area (Å²) in [6.07, 6.45) is 1.13. The lowest BCUT2D eigenvalue weighted by atomic mass is 9.99. The van der Waals surface area contributed by atoms with E-state index in [1.165, 1.54) is 0 Å². The van der Waals surface area contributed by atoms with Crippen molar-refractivity contribution in [1.29, 1.82) is 0 Å². The zero-order valence-corrected chi connectivity index (χ0v) is 12.5. The Morgan fingerprint density at radius 2 is 1.95 bits per heavy atom. The van der Waals surface area contributed by atoms with Gasteiger partial charge in [-0.2, -0.15) is 0 Å². The fourth-order valence-electron chi connectivity index (χ4n) is 2.60. The van der Waals surface area contributed by atoms with Crippen LogP contribution in [0.25, 0.3) is 0 Å². The third-order valence-electron chi connectivity index (χ3n) is 3.79. The van der Waals surface area contributed by atoms with Crippen LogP contribution >= 0.6 is 0 Å². The molecule has 1 heterocycles. The standard InChI is InChI=1S/C16H22N2O3/c1-3-13-16(20)18(9-10-21-2)14(15(19)17-13)11-12-7-5-4-6-8-12/h4-8,13-14H,3,9-11H2,1-2H3,(H,17,19). The SMILES string of the molecule is CCC1NC(=O)C(Cc2ccccc2)N(CCOC)C1=O. The predicted octanol–water partition coefficient (Wildman–Crippen LogP) is 0.981. The van der Waals surface area contributed by atoms with Gasteiger partial charge in [0, 0.05) is 20.1 Å². The Labute approximate surface area is 125 Å². The molecule has 1 N–H and O–H groups in total. The Balaban J connectivity index is 2.18. The third-order valence-corrected chi connectivity index (χ3v) is 3.79. The summed E-state index contributed by atoms with van der Waals surface area (Å²) in [5, 5.41) is 2.82. The number of rotatable bonds is 6. The fourth-order valence-corrected chi connectivity index (χ4v) is 2.60. The molecule has 0 bridgehead atoms. The first kappa shape index (κ1) is 15.5. The molecule has 5 nitrogen and oxygen atoms in total. The largest absolute Gasteiger partial charge is 0.383 e. The van der Waals surface area contributed by atoms with Gasteiger partial charge < -0.3 is 15.0 Å². The first-order chi connectivity index (χ1) is 10.2. The maximum atomic E-state index is 12.5. The number of piperazine rings is 1. The summed E-state index contributed by atoms with van der Waals surface area (Å²) in [6, 6.07) is 8.87. The zero-order chi connectivity index (χ0) is 15.2. The highest BCUT2D eigenvalue weighted by Gasteiger charge is 2.39.